The molecule has 9 heteroatoms. The Hall–Kier alpha value is -3.14. The van der Waals surface area contributed by atoms with E-state index in [-0.39, 0.29) is 36.5 Å². The molecule has 284 valence electrons. The fourth-order valence-corrected chi connectivity index (χ4v) is 7.68. The molecule has 51 heavy (non-hydrogen) atoms. The number of ketones is 1. The minimum absolute atomic E-state index is 0.0316. The lowest BCUT2D eigenvalue weighted by Crippen LogP contribution is -2.25. The van der Waals surface area contributed by atoms with Gasteiger partial charge in [-0.1, -0.05) is 58.6 Å². The third kappa shape index (κ3) is 13.4. The Bertz CT molecular complexity index is 1340. The number of benzene rings is 2. The van der Waals surface area contributed by atoms with Gasteiger partial charge in [-0.25, -0.2) is 17.6 Å². The van der Waals surface area contributed by atoms with Crippen molar-refractivity contribution in [2.45, 2.75) is 116 Å². The molecule has 2 aromatic carbocycles. The second kappa shape index (κ2) is 23.4. The molecule has 2 aromatic rings. The molecule has 2 saturated carbocycles. The summed E-state index contributed by atoms with van der Waals surface area (Å²) in [4.78, 5) is 21.0. The minimum Gasteiger partial charge on any atom is -0.397 e. The third-order valence-corrected chi connectivity index (χ3v) is 10.5. The number of carbonyl (C=O) groups is 2. The summed E-state index contributed by atoms with van der Waals surface area (Å²) in [6, 6.07) is 4.37. The topological polar surface area (TPSA) is 94.8 Å². The van der Waals surface area contributed by atoms with E-state index in [4.69, 9.17) is 15.0 Å². The second-order valence-electron chi connectivity index (χ2n) is 13.9. The minimum atomic E-state index is -1.05. The van der Waals surface area contributed by atoms with Gasteiger partial charge in [0.25, 0.3) is 0 Å². The number of unbranched alkanes of at least 4 members (excludes halogenated alkanes) is 2. The number of aliphatic hydroxyl groups is 3. The van der Waals surface area contributed by atoms with Crippen LogP contribution in [0.2, 0.25) is 0 Å². The third-order valence-electron chi connectivity index (χ3n) is 10.5. The SMILES string of the molecule is C=C(CO)C(=O)CCC(CO)c1c(F)cc(-c2c(F)cc(C3CCC(C4CCC(CCCCC)CC4)CC3)cc2F)cc1F.C=CC=O.CCO. The highest BCUT2D eigenvalue weighted by Crippen LogP contribution is 2.45. The van der Waals surface area contributed by atoms with E-state index in [1.54, 1.807) is 6.92 Å². The molecule has 0 amide bonds. The maximum Gasteiger partial charge on any atom is 0.160 e. The van der Waals surface area contributed by atoms with Crippen LogP contribution in [0.15, 0.2) is 49.1 Å². The summed E-state index contributed by atoms with van der Waals surface area (Å²) < 4.78 is 61.1. The predicted molar refractivity (Wildman–Crippen MR) is 195 cm³/mol. The average molecular weight is 719 g/mol. The Morgan fingerprint density at radius 2 is 1.35 bits per heavy atom. The van der Waals surface area contributed by atoms with Gasteiger partial charge in [0.05, 0.1) is 18.8 Å². The van der Waals surface area contributed by atoms with Crippen LogP contribution in [0.5, 0.6) is 0 Å². The quantitative estimate of drug-likeness (QED) is 0.0738. The van der Waals surface area contributed by atoms with Crippen molar-refractivity contribution in [3.05, 3.63) is 83.5 Å². The molecule has 2 aliphatic carbocycles. The van der Waals surface area contributed by atoms with Crippen molar-refractivity contribution < 1.29 is 42.5 Å². The van der Waals surface area contributed by atoms with Crippen molar-refractivity contribution in [3.8, 4) is 11.1 Å². The molecule has 2 fully saturated rings. The largest absolute Gasteiger partial charge is 0.397 e. The molecule has 0 aromatic heterocycles. The van der Waals surface area contributed by atoms with Gasteiger partial charge in [0.2, 0.25) is 0 Å². The van der Waals surface area contributed by atoms with Gasteiger partial charge >= 0.3 is 0 Å². The van der Waals surface area contributed by atoms with Crippen molar-refractivity contribution in [2.24, 2.45) is 17.8 Å². The fraction of sp³-hybridized carbons (Fsp3) is 0.571. The van der Waals surface area contributed by atoms with Crippen LogP contribution in [0, 0.1) is 41.0 Å². The summed E-state index contributed by atoms with van der Waals surface area (Å²) in [5, 5.41) is 26.4. The number of rotatable bonds is 15. The molecule has 0 spiro atoms. The molecular weight excluding hydrogens is 660 g/mol. The van der Waals surface area contributed by atoms with E-state index in [0.717, 1.165) is 49.7 Å². The monoisotopic (exact) mass is 718 g/mol. The van der Waals surface area contributed by atoms with E-state index >= 15 is 17.6 Å². The number of hydrogen-bond acceptors (Lipinski definition) is 5. The van der Waals surface area contributed by atoms with E-state index in [0.29, 0.717) is 17.8 Å². The molecule has 0 aliphatic heterocycles. The lowest BCUT2D eigenvalue weighted by atomic mass is 9.68. The smallest absolute Gasteiger partial charge is 0.160 e. The van der Waals surface area contributed by atoms with Crippen LogP contribution >= 0.6 is 0 Å². The number of carbonyl (C=O) groups excluding carboxylic acids is 2. The first-order chi connectivity index (χ1) is 24.5. The first kappa shape index (κ1) is 44.0. The molecule has 3 N–H and O–H groups in total. The van der Waals surface area contributed by atoms with Gasteiger partial charge < -0.3 is 15.3 Å². The Labute approximate surface area is 301 Å². The fourth-order valence-electron chi connectivity index (χ4n) is 7.68. The van der Waals surface area contributed by atoms with Gasteiger partial charge in [0, 0.05) is 30.1 Å². The lowest BCUT2D eigenvalue weighted by Gasteiger charge is -2.38. The highest BCUT2D eigenvalue weighted by molar-refractivity contribution is 5.94. The van der Waals surface area contributed by atoms with E-state index in [9.17, 15) is 9.90 Å². The Morgan fingerprint density at radius 3 is 1.80 bits per heavy atom. The Kier molecular flexibility index (Phi) is 20.2. The highest BCUT2D eigenvalue weighted by atomic mass is 19.1. The van der Waals surface area contributed by atoms with E-state index < -0.39 is 59.3 Å². The van der Waals surface area contributed by atoms with Crippen LogP contribution < -0.4 is 0 Å². The Balaban J connectivity index is 0.00000118. The number of Topliss-reactive ketones (excluding diaryl/α,β-unsaturated/α-hetero) is 1. The van der Waals surface area contributed by atoms with E-state index in [1.807, 2.05) is 0 Å². The van der Waals surface area contributed by atoms with Crippen molar-refractivity contribution in [1.29, 1.82) is 0 Å². The summed E-state index contributed by atoms with van der Waals surface area (Å²) in [7, 11) is 0. The van der Waals surface area contributed by atoms with Crippen LogP contribution in [-0.4, -0.2) is 47.2 Å². The zero-order valence-corrected chi connectivity index (χ0v) is 30.5. The van der Waals surface area contributed by atoms with Crippen LogP contribution in [0.3, 0.4) is 0 Å². The van der Waals surface area contributed by atoms with Gasteiger partial charge in [-0.3, -0.25) is 9.59 Å². The predicted octanol–water partition coefficient (Wildman–Crippen LogP) is 9.91. The number of halogens is 4. The average Bonchev–Trinajstić information content (AvgIpc) is 3.12. The van der Waals surface area contributed by atoms with Gasteiger partial charge in [-0.15, -0.1) is 0 Å². The highest BCUT2D eigenvalue weighted by Gasteiger charge is 2.32. The number of hydrogen-bond donors (Lipinski definition) is 3. The summed E-state index contributed by atoms with van der Waals surface area (Å²) in [6.07, 6.45) is 16.0. The molecule has 1 unspecified atom stereocenters. The van der Waals surface area contributed by atoms with E-state index in [1.165, 1.54) is 69.6 Å². The van der Waals surface area contributed by atoms with Gasteiger partial charge in [-0.2, -0.15) is 0 Å². The van der Waals surface area contributed by atoms with Crippen molar-refractivity contribution in [1.82, 2.24) is 0 Å². The number of allylic oxidation sites excluding steroid dienone is 1. The molecule has 4 rings (SSSR count). The molecule has 2 aliphatic rings. The molecular formula is C42H58F4O5. The second-order valence-corrected chi connectivity index (χ2v) is 13.9. The molecule has 0 bridgehead atoms. The summed E-state index contributed by atoms with van der Waals surface area (Å²) >= 11 is 0. The van der Waals surface area contributed by atoms with Crippen LogP contribution in [0.4, 0.5) is 17.6 Å². The van der Waals surface area contributed by atoms with Crippen molar-refractivity contribution >= 4 is 12.1 Å². The Morgan fingerprint density at radius 1 is 0.843 bits per heavy atom. The van der Waals surface area contributed by atoms with Crippen molar-refractivity contribution in [3.63, 3.8) is 0 Å². The number of aldehydes is 1. The van der Waals surface area contributed by atoms with Gasteiger partial charge in [0.1, 0.15) is 29.6 Å². The van der Waals surface area contributed by atoms with Crippen LogP contribution in [0.1, 0.15) is 127 Å². The first-order valence-electron chi connectivity index (χ1n) is 18.6. The van der Waals surface area contributed by atoms with Gasteiger partial charge in [-0.05, 0) is 117 Å². The summed E-state index contributed by atoms with van der Waals surface area (Å²) in [6.45, 7) is 9.56. The van der Waals surface area contributed by atoms with Crippen molar-refractivity contribution in [2.75, 3.05) is 19.8 Å². The zero-order chi connectivity index (χ0) is 37.9. The van der Waals surface area contributed by atoms with E-state index in [2.05, 4.69) is 20.1 Å². The van der Waals surface area contributed by atoms with Crippen LogP contribution in [-0.2, 0) is 9.59 Å². The summed E-state index contributed by atoms with van der Waals surface area (Å²) in [5.74, 6) is -2.98. The van der Waals surface area contributed by atoms with Gasteiger partial charge in [0.15, 0.2) is 5.78 Å². The molecule has 0 radical (unpaired) electrons. The molecule has 5 nitrogen and oxygen atoms in total. The zero-order valence-electron chi connectivity index (χ0n) is 30.5. The molecule has 0 heterocycles. The molecule has 1 atom stereocenters. The molecule has 0 saturated heterocycles. The standard InChI is InChI=1S/C37H48F4O3.C3H4O.C2H6O/c1-3-4-5-6-24-7-9-25(10-8-24)26-11-13-27(14-12-26)29-17-31(38)37(32(39)18-29)30-19-33(40)36(34(41)20-30)28(22-43)15-16-35(44)23(2)21-42;1-2-3-4;1-2-3/h17-20,24-28,42-43H,2-16,21-22H2,1H3;2-3H,1H2;3H,2H2,1H3. The normalized spacial score (nSPS) is 20.6. The first-order valence-corrected chi connectivity index (χ1v) is 18.6. The summed E-state index contributed by atoms with van der Waals surface area (Å²) in [5.41, 5.74) is -0.638. The number of aliphatic hydroxyl groups excluding tert-OH is 3. The maximum atomic E-state index is 15.4. The van der Waals surface area contributed by atoms with Crippen LogP contribution in [0.25, 0.3) is 11.1 Å². The lowest BCUT2D eigenvalue weighted by molar-refractivity contribution is -0.116. The maximum absolute atomic E-state index is 15.4.